The number of carbonyl (C=O) groups is 4. The van der Waals surface area contributed by atoms with Crippen LogP contribution in [0.1, 0.15) is 48.0 Å². The first-order chi connectivity index (χ1) is 12.9. The number of likely N-dealkylation sites (tertiary alicyclic amines) is 1. The maximum Gasteiger partial charge on any atom is 0.251 e. The van der Waals surface area contributed by atoms with Crippen molar-refractivity contribution in [3.8, 4) is 0 Å². The summed E-state index contributed by atoms with van der Waals surface area (Å²) in [5.74, 6) is -1.16. The minimum absolute atomic E-state index is 0.0422. The van der Waals surface area contributed by atoms with Gasteiger partial charge in [-0.2, -0.15) is 0 Å². The predicted molar refractivity (Wildman–Crippen MR) is 100.0 cm³/mol. The molecule has 0 radical (unpaired) electrons. The molecule has 2 unspecified atom stereocenters. The van der Waals surface area contributed by atoms with Crippen molar-refractivity contribution in [2.45, 2.75) is 39.0 Å². The lowest BCUT2D eigenvalue weighted by Gasteiger charge is -2.19. The summed E-state index contributed by atoms with van der Waals surface area (Å²) in [6, 6.07) is 5.11. The molecule has 7 heteroatoms. The summed E-state index contributed by atoms with van der Waals surface area (Å²) >= 11 is 0. The highest BCUT2D eigenvalue weighted by Crippen LogP contribution is 2.38. The van der Waals surface area contributed by atoms with Crippen molar-refractivity contribution < 1.29 is 19.2 Å². The Bertz CT molecular complexity index is 765. The highest BCUT2D eigenvalue weighted by molar-refractivity contribution is 6.05. The fraction of sp³-hybridized carbons (Fsp3) is 0.500. The molecule has 1 heterocycles. The molecule has 2 atom stereocenters. The summed E-state index contributed by atoms with van der Waals surface area (Å²) in [4.78, 5) is 50.4. The van der Waals surface area contributed by atoms with Gasteiger partial charge in [-0.05, 0) is 37.5 Å². The molecule has 0 aromatic heterocycles. The second kappa shape index (κ2) is 7.90. The highest BCUT2D eigenvalue weighted by Gasteiger charge is 2.47. The zero-order valence-electron chi connectivity index (χ0n) is 15.7. The molecule has 144 valence electrons. The SMILES string of the molecule is CNC(=O)c1cccc(NC(=O)CCN2C(=O)C3CCCCC3C2=O)c1C. The molecule has 3 rings (SSSR count). The van der Waals surface area contributed by atoms with Gasteiger partial charge in [-0.15, -0.1) is 0 Å². The van der Waals surface area contributed by atoms with Crippen LogP contribution in [0.5, 0.6) is 0 Å². The number of fused-ring (bicyclic) bond motifs is 1. The fourth-order valence-electron chi connectivity index (χ4n) is 4.03. The molecule has 4 amide bonds. The number of hydrogen-bond acceptors (Lipinski definition) is 4. The van der Waals surface area contributed by atoms with E-state index < -0.39 is 0 Å². The Morgan fingerprint density at radius 2 is 1.74 bits per heavy atom. The quantitative estimate of drug-likeness (QED) is 0.772. The van der Waals surface area contributed by atoms with Gasteiger partial charge < -0.3 is 10.6 Å². The van der Waals surface area contributed by atoms with E-state index in [0.29, 0.717) is 16.8 Å². The van der Waals surface area contributed by atoms with Gasteiger partial charge in [0.05, 0.1) is 11.8 Å². The van der Waals surface area contributed by atoms with Gasteiger partial charge in [0.1, 0.15) is 0 Å². The lowest BCUT2D eigenvalue weighted by molar-refractivity contribution is -0.140. The third-order valence-corrected chi connectivity index (χ3v) is 5.57. The summed E-state index contributed by atoms with van der Waals surface area (Å²) in [5, 5.41) is 5.34. The second-order valence-electron chi connectivity index (χ2n) is 7.18. The van der Waals surface area contributed by atoms with Gasteiger partial charge in [-0.3, -0.25) is 24.1 Å². The monoisotopic (exact) mass is 371 g/mol. The van der Waals surface area contributed by atoms with Crippen LogP contribution in [0.3, 0.4) is 0 Å². The van der Waals surface area contributed by atoms with E-state index in [1.807, 2.05) is 0 Å². The molecule has 2 fully saturated rings. The number of amides is 4. The molecule has 0 spiro atoms. The van der Waals surface area contributed by atoms with Crippen molar-refractivity contribution in [3.05, 3.63) is 29.3 Å². The van der Waals surface area contributed by atoms with Crippen molar-refractivity contribution in [3.63, 3.8) is 0 Å². The summed E-state index contributed by atoms with van der Waals surface area (Å²) in [7, 11) is 1.55. The fourth-order valence-corrected chi connectivity index (χ4v) is 4.03. The predicted octanol–water partition coefficient (Wildman–Crippen LogP) is 1.86. The zero-order valence-corrected chi connectivity index (χ0v) is 15.7. The van der Waals surface area contributed by atoms with E-state index in [0.717, 1.165) is 25.7 Å². The first-order valence-corrected chi connectivity index (χ1v) is 9.40. The summed E-state index contributed by atoms with van der Waals surface area (Å²) in [5.41, 5.74) is 1.71. The molecule has 2 N–H and O–H groups in total. The topological polar surface area (TPSA) is 95.6 Å². The van der Waals surface area contributed by atoms with E-state index in [1.165, 1.54) is 4.90 Å². The molecule has 1 saturated carbocycles. The number of anilines is 1. The standard InChI is InChI=1S/C20H25N3O4/c1-12-13(18(25)21-2)8-5-9-16(12)22-17(24)10-11-23-19(26)14-6-3-4-7-15(14)20(23)27/h5,8-9,14-15H,3-4,6-7,10-11H2,1-2H3,(H,21,25)(H,22,24). The van der Waals surface area contributed by atoms with Crippen LogP contribution >= 0.6 is 0 Å². The molecule has 1 aromatic rings. The van der Waals surface area contributed by atoms with Crippen molar-refractivity contribution in [2.75, 3.05) is 18.9 Å². The number of carbonyl (C=O) groups excluding carboxylic acids is 4. The molecule has 1 saturated heterocycles. The van der Waals surface area contributed by atoms with E-state index in [9.17, 15) is 19.2 Å². The third kappa shape index (κ3) is 3.72. The van der Waals surface area contributed by atoms with Crippen molar-refractivity contribution in [2.24, 2.45) is 11.8 Å². The minimum Gasteiger partial charge on any atom is -0.355 e. The van der Waals surface area contributed by atoms with Gasteiger partial charge in [0.25, 0.3) is 5.91 Å². The van der Waals surface area contributed by atoms with Crippen molar-refractivity contribution in [1.82, 2.24) is 10.2 Å². The van der Waals surface area contributed by atoms with Crippen LogP contribution in [-0.4, -0.2) is 42.1 Å². The van der Waals surface area contributed by atoms with E-state index in [2.05, 4.69) is 10.6 Å². The van der Waals surface area contributed by atoms with Crippen LogP contribution in [-0.2, 0) is 14.4 Å². The molecule has 2 aliphatic rings. The Kier molecular flexibility index (Phi) is 5.58. The number of nitrogens with zero attached hydrogens (tertiary/aromatic N) is 1. The van der Waals surface area contributed by atoms with E-state index >= 15 is 0 Å². The van der Waals surface area contributed by atoms with E-state index in [4.69, 9.17) is 0 Å². The van der Waals surface area contributed by atoms with Gasteiger partial charge in [0.15, 0.2) is 0 Å². The molecular weight excluding hydrogens is 346 g/mol. The summed E-state index contributed by atoms with van der Waals surface area (Å²) in [6.07, 6.45) is 3.54. The lowest BCUT2D eigenvalue weighted by Crippen LogP contribution is -2.34. The summed E-state index contributed by atoms with van der Waals surface area (Å²) < 4.78 is 0. The molecule has 1 aromatic carbocycles. The smallest absolute Gasteiger partial charge is 0.251 e. The maximum absolute atomic E-state index is 12.5. The summed E-state index contributed by atoms with van der Waals surface area (Å²) in [6.45, 7) is 1.86. The molecule has 7 nitrogen and oxygen atoms in total. The zero-order chi connectivity index (χ0) is 19.6. The van der Waals surface area contributed by atoms with Gasteiger partial charge in [-0.1, -0.05) is 18.9 Å². The Balaban J connectivity index is 1.61. The van der Waals surface area contributed by atoms with Crippen LogP contribution < -0.4 is 10.6 Å². The Morgan fingerprint density at radius 1 is 1.11 bits per heavy atom. The average molecular weight is 371 g/mol. The molecule has 1 aliphatic heterocycles. The Hall–Kier alpha value is -2.70. The normalized spacial score (nSPS) is 21.8. The highest BCUT2D eigenvalue weighted by atomic mass is 16.2. The van der Waals surface area contributed by atoms with Gasteiger partial charge in [0.2, 0.25) is 17.7 Å². The van der Waals surface area contributed by atoms with E-state index in [-0.39, 0.29) is 48.4 Å². The number of imide groups is 1. The molecule has 0 bridgehead atoms. The van der Waals surface area contributed by atoms with Crippen LogP contribution in [0.2, 0.25) is 0 Å². The van der Waals surface area contributed by atoms with Crippen molar-refractivity contribution >= 4 is 29.3 Å². The first kappa shape index (κ1) is 19.1. The second-order valence-corrected chi connectivity index (χ2v) is 7.18. The van der Waals surface area contributed by atoms with Crippen LogP contribution in [0.15, 0.2) is 18.2 Å². The van der Waals surface area contributed by atoms with Gasteiger partial charge in [-0.25, -0.2) is 0 Å². The van der Waals surface area contributed by atoms with Crippen LogP contribution in [0, 0.1) is 18.8 Å². The lowest BCUT2D eigenvalue weighted by atomic mass is 9.81. The average Bonchev–Trinajstić information content (AvgIpc) is 2.92. The molecular formula is C20H25N3O4. The largest absolute Gasteiger partial charge is 0.355 e. The number of benzene rings is 1. The molecule has 1 aliphatic carbocycles. The van der Waals surface area contributed by atoms with Crippen LogP contribution in [0.4, 0.5) is 5.69 Å². The van der Waals surface area contributed by atoms with Gasteiger partial charge >= 0.3 is 0 Å². The number of rotatable bonds is 5. The Morgan fingerprint density at radius 3 is 2.33 bits per heavy atom. The van der Waals surface area contributed by atoms with Crippen LogP contribution in [0.25, 0.3) is 0 Å². The third-order valence-electron chi connectivity index (χ3n) is 5.57. The van der Waals surface area contributed by atoms with Crippen molar-refractivity contribution in [1.29, 1.82) is 0 Å². The number of nitrogens with one attached hydrogen (secondary N) is 2. The number of hydrogen-bond donors (Lipinski definition) is 2. The maximum atomic E-state index is 12.5. The minimum atomic E-state index is -0.289. The molecule has 27 heavy (non-hydrogen) atoms. The van der Waals surface area contributed by atoms with E-state index in [1.54, 1.807) is 32.2 Å². The van der Waals surface area contributed by atoms with Gasteiger partial charge in [0, 0.05) is 31.3 Å². The first-order valence-electron chi connectivity index (χ1n) is 9.40. The Labute approximate surface area is 158 Å².